The van der Waals surface area contributed by atoms with Gasteiger partial charge in [0.25, 0.3) is 0 Å². The van der Waals surface area contributed by atoms with Gasteiger partial charge in [-0.3, -0.25) is 4.79 Å². The van der Waals surface area contributed by atoms with Gasteiger partial charge in [-0.25, -0.2) is 0 Å². The van der Waals surface area contributed by atoms with E-state index < -0.39 is 5.97 Å². The molecule has 2 nitrogen and oxygen atoms in total. The van der Waals surface area contributed by atoms with Gasteiger partial charge in [0.15, 0.2) is 0 Å². The zero-order valence-electron chi connectivity index (χ0n) is 9.36. The summed E-state index contributed by atoms with van der Waals surface area (Å²) >= 11 is 0. The van der Waals surface area contributed by atoms with Crippen LogP contribution in [0.5, 0.6) is 0 Å². The molecule has 1 aromatic carbocycles. The van der Waals surface area contributed by atoms with Gasteiger partial charge in [-0.05, 0) is 23.5 Å². The predicted octanol–water partition coefficient (Wildman–Crippen LogP) is 3.22. The monoisotopic (exact) mass is 206 g/mol. The molecule has 1 aromatic rings. The first-order valence-corrected chi connectivity index (χ1v) is 5.44. The van der Waals surface area contributed by atoms with Crippen molar-refractivity contribution in [1.82, 2.24) is 0 Å². The fraction of sp³-hybridized carbons (Fsp3) is 0.462. The van der Waals surface area contributed by atoms with E-state index in [2.05, 4.69) is 19.1 Å². The Hall–Kier alpha value is -1.31. The van der Waals surface area contributed by atoms with Crippen molar-refractivity contribution < 1.29 is 9.90 Å². The van der Waals surface area contributed by atoms with Crippen LogP contribution in [0.25, 0.3) is 0 Å². The van der Waals surface area contributed by atoms with Gasteiger partial charge in [0.2, 0.25) is 0 Å². The molecule has 0 heterocycles. The lowest BCUT2D eigenvalue weighted by Gasteiger charge is -2.09. The van der Waals surface area contributed by atoms with Gasteiger partial charge in [-0.1, -0.05) is 44.5 Å². The first-order chi connectivity index (χ1) is 7.13. The van der Waals surface area contributed by atoms with Crippen molar-refractivity contribution >= 4 is 5.97 Å². The van der Waals surface area contributed by atoms with E-state index in [1.165, 1.54) is 5.56 Å². The van der Waals surface area contributed by atoms with E-state index in [1.54, 1.807) is 0 Å². The van der Waals surface area contributed by atoms with Crippen molar-refractivity contribution in [3.05, 3.63) is 35.4 Å². The summed E-state index contributed by atoms with van der Waals surface area (Å²) in [5, 5.41) is 8.68. The third-order valence-electron chi connectivity index (χ3n) is 2.57. The molecule has 0 aliphatic rings. The molecule has 0 aromatic heterocycles. The molecule has 0 fully saturated rings. The molecule has 0 bridgehead atoms. The van der Waals surface area contributed by atoms with Gasteiger partial charge in [-0.2, -0.15) is 0 Å². The molecule has 0 spiro atoms. The zero-order chi connectivity index (χ0) is 11.3. The summed E-state index contributed by atoms with van der Waals surface area (Å²) in [5.41, 5.74) is 2.43. The molecular formula is C13H18O2. The standard InChI is InChI=1S/C13H18O2/c1-3-4-11-5-7-12(8-6-11)10(2)9-13(14)15/h5-8,10H,3-4,9H2,1-2H3,(H,14,15). The molecule has 0 aliphatic heterocycles. The summed E-state index contributed by atoms with van der Waals surface area (Å²) < 4.78 is 0. The van der Waals surface area contributed by atoms with Gasteiger partial charge in [0, 0.05) is 0 Å². The molecule has 1 atom stereocenters. The van der Waals surface area contributed by atoms with Crippen LogP contribution >= 0.6 is 0 Å². The first-order valence-electron chi connectivity index (χ1n) is 5.44. The zero-order valence-corrected chi connectivity index (χ0v) is 9.36. The average Bonchev–Trinajstić information content (AvgIpc) is 2.18. The highest BCUT2D eigenvalue weighted by molar-refractivity contribution is 5.67. The lowest BCUT2D eigenvalue weighted by atomic mass is 9.96. The third-order valence-corrected chi connectivity index (χ3v) is 2.57. The summed E-state index contributed by atoms with van der Waals surface area (Å²) in [6.07, 6.45) is 2.44. The second-order valence-corrected chi connectivity index (χ2v) is 3.99. The van der Waals surface area contributed by atoms with Crippen molar-refractivity contribution in [2.45, 2.75) is 39.0 Å². The quantitative estimate of drug-likeness (QED) is 0.803. The molecule has 0 saturated heterocycles. The van der Waals surface area contributed by atoms with E-state index in [0.29, 0.717) is 0 Å². The van der Waals surface area contributed by atoms with Crippen LogP contribution in [0, 0.1) is 0 Å². The Morgan fingerprint density at radius 1 is 1.33 bits per heavy atom. The second-order valence-electron chi connectivity index (χ2n) is 3.99. The Balaban J connectivity index is 2.66. The molecule has 82 valence electrons. The summed E-state index contributed by atoms with van der Waals surface area (Å²) in [4.78, 5) is 10.6. The van der Waals surface area contributed by atoms with Crippen molar-refractivity contribution in [1.29, 1.82) is 0 Å². The number of carbonyl (C=O) groups is 1. The summed E-state index contributed by atoms with van der Waals surface area (Å²) in [5.74, 6) is -0.640. The number of rotatable bonds is 5. The fourth-order valence-corrected chi connectivity index (χ4v) is 1.68. The Labute approximate surface area is 90.9 Å². The van der Waals surface area contributed by atoms with Crippen LogP contribution in [-0.4, -0.2) is 11.1 Å². The number of aryl methyl sites for hydroxylation is 1. The number of benzene rings is 1. The Morgan fingerprint density at radius 3 is 2.40 bits per heavy atom. The average molecular weight is 206 g/mol. The molecule has 1 rings (SSSR count). The maximum absolute atomic E-state index is 10.6. The number of aliphatic carboxylic acids is 1. The van der Waals surface area contributed by atoms with E-state index in [9.17, 15) is 4.79 Å². The lowest BCUT2D eigenvalue weighted by Crippen LogP contribution is -2.02. The first kappa shape index (κ1) is 11.8. The fourth-order valence-electron chi connectivity index (χ4n) is 1.68. The van der Waals surface area contributed by atoms with E-state index in [4.69, 9.17) is 5.11 Å². The SMILES string of the molecule is CCCc1ccc(C(C)CC(=O)O)cc1. The van der Waals surface area contributed by atoms with Crippen LogP contribution < -0.4 is 0 Å². The smallest absolute Gasteiger partial charge is 0.303 e. The molecule has 2 heteroatoms. The molecule has 1 N–H and O–H groups in total. The van der Waals surface area contributed by atoms with E-state index >= 15 is 0 Å². The second kappa shape index (κ2) is 5.54. The molecule has 0 radical (unpaired) electrons. The van der Waals surface area contributed by atoms with Crippen LogP contribution in [0.3, 0.4) is 0 Å². The van der Waals surface area contributed by atoms with Gasteiger partial charge in [0.05, 0.1) is 6.42 Å². The van der Waals surface area contributed by atoms with Crippen molar-refractivity contribution in [2.75, 3.05) is 0 Å². The van der Waals surface area contributed by atoms with Gasteiger partial charge in [0.1, 0.15) is 0 Å². The highest BCUT2D eigenvalue weighted by Gasteiger charge is 2.09. The third kappa shape index (κ3) is 3.74. The number of carboxylic acids is 1. The van der Waals surface area contributed by atoms with Crippen LogP contribution in [0.4, 0.5) is 0 Å². The molecular weight excluding hydrogens is 188 g/mol. The predicted molar refractivity (Wildman–Crippen MR) is 61.1 cm³/mol. The number of carboxylic acid groups (broad SMARTS) is 1. The molecule has 15 heavy (non-hydrogen) atoms. The number of hydrogen-bond acceptors (Lipinski definition) is 1. The van der Waals surface area contributed by atoms with Crippen molar-refractivity contribution in [2.24, 2.45) is 0 Å². The summed E-state index contributed by atoms with van der Waals surface area (Å²) in [6.45, 7) is 4.10. The Morgan fingerprint density at radius 2 is 1.93 bits per heavy atom. The van der Waals surface area contributed by atoms with Crippen LogP contribution in [0.2, 0.25) is 0 Å². The molecule has 0 aliphatic carbocycles. The van der Waals surface area contributed by atoms with E-state index in [1.807, 2.05) is 19.1 Å². The normalized spacial score (nSPS) is 12.4. The summed E-state index contributed by atoms with van der Waals surface area (Å²) in [6, 6.07) is 8.27. The lowest BCUT2D eigenvalue weighted by molar-refractivity contribution is -0.137. The van der Waals surface area contributed by atoms with Crippen molar-refractivity contribution in [3.63, 3.8) is 0 Å². The van der Waals surface area contributed by atoms with Gasteiger partial charge >= 0.3 is 5.97 Å². The van der Waals surface area contributed by atoms with Gasteiger partial charge in [-0.15, -0.1) is 0 Å². The topological polar surface area (TPSA) is 37.3 Å². The molecule has 0 amide bonds. The highest BCUT2D eigenvalue weighted by atomic mass is 16.4. The van der Waals surface area contributed by atoms with Gasteiger partial charge < -0.3 is 5.11 Å². The van der Waals surface area contributed by atoms with Crippen LogP contribution in [0.1, 0.15) is 43.7 Å². The van der Waals surface area contributed by atoms with E-state index in [0.717, 1.165) is 18.4 Å². The maximum Gasteiger partial charge on any atom is 0.303 e. The van der Waals surface area contributed by atoms with E-state index in [-0.39, 0.29) is 12.3 Å². The number of hydrogen-bond donors (Lipinski definition) is 1. The maximum atomic E-state index is 10.6. The van der Waals surface area contributed by atoms with Crippen molar-refractivity contribution in [3.8, 4) is 0 Å². The molecule has 1 unspecified atom stereocenters. The Kier molecular flexibility index (Phi) is 4.35. The minimum atomic E-state index is -0.736. The summed E-state index contributed by atoms with van der Waals surface area (Å²) in [7, 11) is 0. The minimum Gasteiger partial charge on any atom is -0.481 e. The largest absolute Gasteiger partial charge is 0.481 e. The van der Waals surface area contributed by atoms with Crippen LogP contribution in [-0.2, 0) is 11.2 Å². The highest BCUT2D eigenvalue weighted by Crippen LogP contribution is 2.19. The minimum absolute atomic E-state index is 0.0955. The molecule has 0 saturated carbocycles. The van der Waals surface area contributed by atoms with Crippen LogP contribution in [0.15, 0.2) is 24.3 Å². The Bertz CT molecular complexity index is 314.